The van der Waals surface area contributed by atoms with Crippen molar-refractivity contribution in [1.82, 2.24) is 9.88 Å². The largest absolute Gasteiger partial charge is 0.441 e. The number of nitrogens with one attached hydrogen (secondary N) is 1. The SMILES string of the molecule is CCN(CC(=O)Nc1ccc(N2CCOCC2)cc1)C(=O)CCc1ncc(-c2ccccc2Cl)o1. The summed E-state index contributed by atoms with van der Waals surface area (Å²) in [5.41, 5.74) is 2.55. The minimum Gasteiger partial charge on any atom is -0.441 e. The summed E-state index contributed by atoms with van der Waals surface area (Å²) >= 11 is 6.21. The molecule has 1 fully saturated rings. The van der Waals surface area contributed by atoms with E-state index in [9.17, 15) is 9.59 Å². The maximum absolute atomic E-state index is 12.7. The topological polar surface area (TPSA) is 87.9 Å². The van der Waals surface area contributed by atoms with E-state index in [0.717, 1.165) is 37.6 Å². The molecule has 2 aromatic carbocycles. The Labute approximate surface area is 209 Å². The third kappa shape index (κ3) is 6.61. The Balaban J connectivity index is 1.26. The highest BCUT2D eigenvalue weighted by Gasteiger charge is 2.18. The number of morpholine rings is 1. The quantitative estimate of drug-likeness (QED) is 0.476. The molecule has 1 aliphatic rings. The summed E-state index contributed by atoms with van der Waals surface area (Å²) < 4.78 is 11.2. The molecule has 1 N–H and O–H groups in total. The summed E-state index contributed by atoms with van der Waals surface area (Å²) in [6, 6.07) is 15.1. The second-order valence-corrected chi connectivity index (χ2v) is 8.61. The van der Waals surface area contributed by atoms with E-state index in [1.807, 2.05) is 49.4 Å². The van der Waals surface area contributed by atoms with Gasteiger partial charge in [-0.2, -0.15) is 0 Å². The van der Waals surface area contributed by atoms with Gasteiger partial charge in [0.05, 0.1) is 31.0 Å². The summed E-state index contributed by atoms with van der Waals surface area (Å²) in [4.78, 5) is 33.3. The predicted octanol–water partition coefficient (Wildman–Crippen LogP) is 4.25. The number of anilines is 2. The zero-order valence-corrected chi connectivity index (χ0v) is 20.5. The first-order valence-corrected chi connectivity index (χ1v) is 12.1. The number of aromatic nitrogens is 1. The molecular formula is C26H29ClN4O4. The number of hydrogen-bond donors (Lipinski definition) is 1. The van der Waals surface area contributed by atoms with Crippen molar-refractivity contribution in [2.75, 3.05) is 49.6 Å². The van der Waals surface area contributed by atoms with Gasteiger partial charge in [-0.25, -0.2) is 4.98 Å². The van der Waals surface area contributed by atoms with E-state index in [2.05, 4.69) is 15.2 Å². The van der Waals surface area contributed by atoms with Gasteiger partial charge in [0.25, 0.3) is 0 Å². The summed E-state index contributed by atoms with van der Waals surface area (Å²) in [6.07, 6.45) is 2.14. The van der Waals surface area contributed by atoms with Crippen molar-refractivity contribution >= 4 is 34.8 Å². The van der Waals surface area contributed by atoms with Crippen LogP contribution in [0.25, 0.3) is 11.3 Å². The third-order valence-electron chi connectivity index (χ3n) is 5.84. The van der Waals surface area contributed by atoms with Crippen LogP contribution in [0, 0.1) is 0 Å². The second-order valence-electron chi connectivity index (χ2n) is 8.20. The molecule has 0 atom stereocenters. The zero-order chi connectivity index (χ0) is 24.6. The third-order valence-corrected chi connectivity index (χ3v) is 6.17. The van der Waals surface area contributed by atoms with Crippen LogP contribution in [0.15, 0.2) is 59.1 Å². The lowest BCUT2D eigenvalue weighted by Gasteiger charge is -2.29. The second kappa shape index (κ2) is 11.9. The Morgan fingerprint density at radius 3 is 2.57 bits per heavy atom. The van der Waals surface area contributed by atoms with Crippen molar-refractivity contribution in [2.45, 2.75) is 19.8 Å². The van der Waals surface area contributed by atoms with E-state index >= 15 is 0 Å². The zero-order valence-electron chi connectivity index (χ0n) is 19.7. The molecule has 1 saturated heterocycles. The lowest BCUT2D eigenvalue weighted by molar-refractivity contribution is -0.134. The molecule has 3 aromatic rings. The Morgan fingerprint density at radius 2 is 1.86 bits per heavy atom. The minimum atomic E-state index is -0.239. The first kappa shape index (κ1) is 24.8. The standard InChI is InChI=1S/C26H29ClN4O4/c1-2-30(18-24(32)29-19-7-9-20(10-8-19)31-13-15-34-16-14-31)26(33)12-11-25-28-17-23(35-25)21-5-3-4-6-22(21)27/h3-10,17H,2,11-16,18H2,1H3,(H,29,32). The molecule has 184 valence electrons. The molecule has 0 spiro atoms. The molecule has 0 aliphatic carbocycles. The lowest BCUT2D eigenvalue weighted by atomic mass is 10.2. The van der Waals surface area contributed by atoms with Gasteiger partial charge in [-0.1, -0.05) is 23.7 Å². The highest BCUT2D eigenvalue weighted by Crippen LogP contribution is 2.28. The molecule has 0 radical (unpaired) electrons. The van der Waals surface area contributed by atoms with Crippen LogP contribution >= 0.6 is 11.6 Å². The fourth-order valence-electron chi connectivity index (χ4n) is 3.91. The summed E-state index contributed by atoms with van der Waals surface area (Å²) in [7, 11) is 0. The smallest absolute Gasteiger partial charge is 0.243 e. The average Bonchev–Trinajstić information content (AvgIpc) is 3.36. The molecule has 35 heavy (non-hydrogen) atoms. The number of amides is 2. The molecule has 2 heterocycles. The van der Waals surface area contributed by atoms with Crippen LogP contribution in [0.4, 0.5) is 11.4 Å². The molecule has 4 rings (SSSR count). The number of halogens is 1. The van der Waals surface area contributed by atoms with Crippen molar-refractivity contribution in [3.63, 3.8) is 0 Å². The maximum atomic E-state index is 12.7. The van der Waals surface area contributed by atoms with Crippen LogP contribution in [-0.4, -0.2) is 61.1 Å². The van der Waals surface area contributed by atoms with Crippen LogP contribution in [0.2, 0.25) is 5.02 Å². The van der Waals surface area contributed by atoms with Gasteiger partial charge >= 0.3 is 0 Å². The van der Waals surface area contributed by atoms with E-state index < -0.39 is 0 Å². The van der Waals surface area contributed by atoms with Crippen LogP contribution in [0.5, 0.6) is 0 Å². The molecule has 1 aliphatic heterocycles. The summed E-state index contributed by atoms with van der Waals surface area (Å²) in [5.74, 6) is 0.637. The number of benzene rings is 2. The average molecular weight is 497 g/mol. The Kier molecular flexibility index (Phi) is 8.39. The van der Waals surface area contributed by atoms with Gasteiger partial charge in [0.15, 0.2) is 11.7 Å². The molecular weight excluding hydrogens is 468 g/mol. The van der Waals surface area contributed by atoms with Gasteiger partial charge in [-0.05, 0) is 43.3 Å². The fraction of sp³-hybridized carbons (Fsp3) is 0.346. The number of nitrogens with zero attached hydrogens (tertiary/aromatic N) is 3. The molecule has 9 heteroatoms. The molecule has 0 bridgehead atoms. The first-order valence-electron chi connectivity index (χ1n) is 11.7. The number of hydrogen-bond acceptors (Lipinski definition) is 6. The van der Waals surface area contributed by atoms with E-state index in [-0.39, 0.29) is 24.8 Å². The highest BCUT2D eigenvalue weighted by atomic mass is 35.5. The van der Waals surface area contributed by atoms with Crippen molar-refractivity contribution in [3.05, 3.63) is 65.6 Å². The van der Waals surface area contributed by atoms with Crippen LogP contribution in [0.1, 0.15) is 19.2 Å². The maximum Gasteiger partial charge on any atom is 0.243 e. The van der Waals surface area contributed by atoms with Gasteiger partial charge in [-0.15, -0.1) is 0 Å². The van der Waals surface area contributed by atoms with Crippen molar-refractivity contribution in [3.8, 4) is 11.3 Å². The van der Waals surface area contributed by atoms with E-state index in [0.29, 0.717) is 35.3 Å². The Bertz CT molecular complexity index is 1140. The van der Waals surface area contributed by atoms with E-state index in [4.69, 9.17) is 20.8 Å². The normalized spacial score (nSPS) is 13.5. The van der Waals surface area contributed by atoms with Gasteiger partial charge in [0.1, 0.15) is 0 Å². The monoisotopic (exact) mass is 496 g/mol. The number of aryl methyl sites for hydroxylation is 1. The van der Waals surface area contributed by atoms with Gasteiger partial charge in [0, 0.05) is 49.4 Å². The van der Waals surface area contributed by atoms with Crippen LogP contribution < -0.4 is 10.2 Å². The summed E-state index contributed by atoms with van der Waals surface area (Å²) in [6.45, 7) is 5.41. The molecule has 0 saturated carbocycles. The number of carbonyl (C=O) groups is 2. The predicted molar refractivity (Wildman–Crippen MR) is 136 cm³/mol. The molecule has 0 unspecified atom stereocenters. The van der Waals surface area contributed by atoms with Gasteiger partial charge in [0.2, 0.25) is 11.8 Å². The molecule has 8 nitrogen and oxygen atoms in total. The summed E-state index contributed by atoms with van der Waals surface area (Å²) in [5, 5.41) is 3.45. The number of ether oxygens (including phenoxy) is 1. The lowest BCUT2D eigenvalue weighted by Crippen LogP contribution is -2.38. The molecule has 1 aromatic heterocycles. The Hall–Kier alpha value is -3.36. The number of carbonyl (C=O) groups excluding carboxylic acids is 2. The fourth-order valence-corrected chi connectivity index (χ4v) is 4.14. The van der Waals surface area contributed by atoms with Gasteiger partial charge < -0.3 is 24.3 Å². The highest BCUT2D eigenvalue weighted by molar-refractivity contribution is 6.33. The van der Waals surface area contributed by atoms with Crippen LogP contribution in [-0.2, 0) is 20.7 Å². The van der Waals surface area contributed by atoms with E-state index in [1.54, 1.807) is 12.3 Å². The molecule has 2 amide bonds. The van der Waals surface area contributed by atoms with E-state index in [1.165, 1.54) is 4.90 Å². The van der Waals surface area contributed by atoms with Crippen molar-refractivity contribution < 1.29 is 18.7 Å². The van der Waals surface area contributed by atoms with Gasteiger partial charge in [-0.3, -0.25) is 9.59 Å². The van der Waals surface area contributed by atoms with Crippen LogP contribution in [0.3, 0.4) is 0 Å². The number of rotatable bonds is 9. The van der Waals surface area contributed by atoms with Crippen molar-refractivity contribution in [1.29, 1.82) is 0 Å². The minimum absolute atomic E-state index is 0.0169. The number of oxazole rings is 1. The first-order chi connectivity index (χ1) is 17.0. The van der Waals surface area contributed by atoms with Crippen molar-refractivity contribution in [2.24, 2.45) is 0 Å². The Morgan fingerprint density at radius 1 is 1.11 bits per heavy atom. The number of likely N-dealkylation sites (N-methyl/N-ethyl adjacent to an activating group) is 1.